The van der Waals surface area contributed by atoms with Gasteiger partial charge in [0, 0.05) is 18.3 Å². The molecule has 4 N–H and O–H groups in total. The summed E-state index contributed by atoms with van der Waals surface area (Å²) in [5, 5.41) is 2.67. The third-order valence-corrected chi connectivity index (χ3v) is 4.86. The van der Waals surface area contributed by atoms with E-state index in [1.807, 2.05) is 13.8 Å². The quantitative estimate of drug-likeness (QED) is 0.734. The second-order valence-electron chi connectivity index (χ2n) is 5.25. The molecule has 0 spiro atoms. The molecule has 20 heavy (non-hydrogen) atoms. The van der Waals surface area contributed by atoms with Crippen molar-refractivity contribution in [3.05, 3.63) is 23.8 Å². The van der Waals surface area contributed by atoms with Crippen LogP contribution in [0.15, 0.2) is 23.1 Å². The Labute approximate surface area is 118 Å². The van der Waals surface area contributed by atoms with Crippen LogP contribution < -0.4 is 15.8 Å². The Kier molecular flexibility index (Phi) is 4.12. The van der Waals surface area contributed by atoms with Crippen LogP contribution in [0.4, 0.5) is 5.69 Å². The number of anilines is 1. The maximum Gasteiger partial charge on any atom is 0.240 e. The lowest BCUT2D eigenvalue weighted by Gasteiger charge is -2.20. The molecule has 7 heteroatoms. The first-order valence-electron chi connectivity index (χ1n) is 6.48. The van der Waals surface area contributed by atoms with E-state index in [9.17, 15) is 13.2 Å². The van der Waals surface area contributed by atoms with Crippen molar-refractivity contribution in [2.24, 2.45) is 11.7 Å². The van der Waals surface area contributed by atoms with Gasteiger partial charge in [0.2, 0.25) is 15.9 Å². The molecule has 0 fully saturated rings. The molecule has 1 heterocycles. The predicted molar refractivity (Wildman–Crippen MR) is 76.8 cm³/mol. The van der Waals surface area contributed by atoms with Gasteiger partial charge >= 0.3 is 0 Å². The first-order valence-corrected chi connectivity index (χ1v) is 7.97. The Morgan fingerprint density at radius 3 is 2.70 bits per heavy atom. The Morgan fingerprint density at radius 1 is 1.40 bits per heavy atom. The fourth-order valence-corrected chi connectivity index (χ4v) is 3.54. The summed E-state index contributed by atoms with van der Waals surface area (Å²) in [7, 11) is -3.62. The van der Waals surface area contributed by atoms with Crippen molar-refractivity contribution in [1.82, 2.24) is 4.72 Å². The number of hydrogen-bond donors (Lipinski definition) is 3. The van der Waals surface area contributed by atoms with Gasteiger partial charge in [-0.2, -0.15) is 0 Å². The molecular formula is C13H19N3O3S. The molecular weight excluding hydrogens is 278 g/mol. The third-order valence-electron chi connectivity index (χ3n) is 3.38. The highest BCUT2D eigenvalue weighted by Crippen LogP contribution is 2.25. The van der Waals surface area contributed by atoms with Crippen LogP contribution in [-0.4, -0.2) is 26.9 Å². The Bertz CT molecular complexity index is 626. The Morgan fingerprint density at radius 2 is 2.10 bits per heavy atom. The monoisotopic (exact) mass is 297 g/mol. The standard InChI is InChI=1S/C13H19N3O3S/c1-8(2)12(7-14)16-20(18,19)10-3-4-11-9(5-10)6-13(17)15-11/h3-5,8,12,16H,6-7,14H2,1-2H3,(H,15,17). The van der Waals surface area contributed by atoms with Gasteiger partial charge in [0.25, 0.3) is 0 Å². The summed E-state index contributed by atoms with van der Waals surface area (Å²) in [6.07, 6.45) is 0.211. The van der Waals surface area contributed by atoms with E-state index in [0.717, 1.165) is 0 Å². The number of nitrogens with one attached hydrogen (secondary N) is 2. The van der Waals surface area contributed by atoms with Crippen LogP contribution >= 0.6 is 0 Å². The van der Waals surface area contributed by atoms with Crippen molar-refractivity contribution in [2.75, 3.05) is 11.9 Å². The van der Waals surface area contributed by atoms with Crippen molar-refractivity contribution >= 4 is 21.6 Å². The molecule has 1 aromatic carbocycles. The smallest absolute Gasteiger partial charge is 0.240 e. The molecule has 0 aliphatic carbocycles. The Hall–Kier alpha value is -1.44. The minimum absolute atomic E-state index is 0.104. The van der Waals surface area contributed by atoms with Gasteiger partial charge in [0.05, 0.1) is 11.3 Å². The lowest BCUT2D eigenvalue weighted by Crippen LogP contribution is -2.43. The fourth-order valence-electron chi connectivity index (χ4n) is 2.10. The highest BCUT2D eigenvalue weighted by atomic mass is 32.2. The highest BCUT2D eigenvalue weighted by Gasteiger charge is 2.24. The topological polar surface area (TPSA) is 101 Å². The van der Waals surface area contributed by atoms with E-state index >= 15 is 0 Å². The van der Waals surface area contributed by atoms with Crippen LogP contribution in [0, 0.1) is 5.92 Å². The van der Waals surface area contributed by atoms with E-state index in [4.69, 9.17) is 5.73 Å². The maximum atomic E-state index is 12.3. The van der Waals surface area contributed by atoms with Gasteiger partial charge in [-0.15, -0.1) is 0 Å². The van der Waals surface area contributed by atoms with Gasteiger partial charge in [-0.1, -0.05) is 13.8 Å². The molecule has 1 atom stereocenters. The summed E-state index contributed by atoms with van der Waals surface area (Å²) in [6, 6.07) is 4.32. The van der Waals surface area contributed by atoms with Crippen molar-refractivity contribution < 1.29 is 13.2 Å². The number of fused-ring (bicyclic) bond motifs is 1. The molecule has 1 aliphatic heterocycles. The largest absolute Gasteiger partial charge is 0.329 e. The van der Waals surface area contributed by atoms with E-state index in [0.29, 0.717) is 11.3 Å². The van der Waals surface area contributed by atoms with Crippen molar-refractivity contribution in [2.45, 2.75) is 31.2 Å². The molecule has 0 radical (unpaired) electrons. The molecule has 0 aromatic heterocycles. The third kappa shape index (κ3) is 3.00. The molecule has 1 amide bonds. The predicted octanol–water partition coefficient (Wildman–Crippen LogP) is 0.443. The lowest BCUT2D eigenvalue weighted by atomic mass is 10.1. The average Bonchev–Trinajstić information content (AvgIpc) is 2.74. The molecule has 1 unspecified atom stereocenters. The molecule has 0 saturated heterocycles. The number of rotatable bonds is 5. The highest BCUT2D eigenvalue weighted by molar-refractivity contribution is 7.89. The second-order valence-corrected chi connectivity index (χ2v) is 6.97. The fraction of sp³-hybridized carbons (Fsp3) is 0.462. The van der Waals surface area contributed by atoms with Gasteiger partial charge in [0.1, 0.15) is 0 Å². The van der Waals surface area contributed by atoms with Crippen molar-refractivity contribution in [3.63, 3.8) is 0 Å². The molecule has 0 saturated carbocycles. The van der Waals surface area contributed by atoms with E-state index < -0.39 is 10.0 Å². The summed E-state index contributed by atoms with van der Waals surface area (Å²) in [5.74, 6) is -0.0167. The molecule has 1 aromatic rings. The van der Waals surface area contributed by atoms with E-state index in [1.54, 1.807) is 6.07 Å². The minimum atomic E-state index is -3.62. The van der Waals surface area contributed by atoms with Crippen molar-refractivity contribution in [3.8, 4) is 0 Å². The van der Waals surface area contributed by atoms with Crippen LogP contribution in [0.1, 0.15) is 19.4 Å². The van der Waals surface area contributed by atoms with E-state index in [2.05, 4.69) is 10.0 Å². The Balaban J connectivity index is 2.27. The molecule has 6 nitrogen and oxygen atoms in total. The van der Waals surface area contributed by atoms with Gasteiger partial charge in [-0.25, -0.2) is 13.1 Å². The van der Waals surface area contributed by atoms with Crippen LogP contribution in [0.2, 0.25) is 0 Å². The van der Waals surface area contributed by atoms with E-state index in [1.165, 1.54) is 12.1 Å². The van der Waals surface area contributed by atoms with Crippen LogP contribution in [0.25, 0.3) is 0 Å². The van der Waals surface area contributed by atoms with Gasteiger partial charge in [-0.3, -0.25) is 4.79 Å². The van der Waals surface area contributed by atoms with Gasteiger partial charge in [0.15, 0.2) is 0 Å². The summed E-state index contributed by atoms with van der Waals surface area (Å²) < 4.78 is 27.2. The van der Waals surface area contributed by atoms with Gasteiger partial charge < -0.3 is 11.1 Å². The number of nitrogens with two attached hydrogens (primary N) is 1. The number of sulfonamides is 1. The number of hydrogen-bond acceptors (Lipinski definition) is 4. The number of carbonyl (C=O) groups is 1. The molecule has 1 aliphatic rings. The first-order chi connectivity index (χ1) is 9.33. The summed E-state index contributed by atoms with van der Waals surface area (Å²) >= 11 is 0. The average molecular weight is 297 g/mol. The SMILES string of the molecule is CC(C)C(CN)NS(=O)(=O)c1ccc2c(c1)CC(=O)N2. The summed E-state index contributed by atoms with van der Waals surface area (Å²) in [4.78, 5) is 11.4. The molecule has 2 rings (SSSR count). The van der Waals surface area contributed by atoms with Crippen molar-refractivity contribution in [1.29, 1.82) is 0 Å². The van der Waals surface area contributed by atoms with Crippen LogP contribution in [-0.2, 0) is 21.2 Å². The first kappa shape index (κ1) is 15.0. The normalized spacial score (nSPS) is 16.1. The summed E-state index contributed by atoms with van der Waals surface area (Å²) in [6.45, 7) is 4.05. The minimum Gasteiger partial charge on any atom is -0.329 e. The van der Waals surface area contributed by atoms with Crippen LogP contribution in [0.3, 0.4) is 0 Å². The van der Waals surface area contributed by atoms with Gasteiger partial charge in [-0.05, 0) is 29.7 Å². The number of benzene rings is 1. The summed E-state index contributed by atoms with van der Waals surface area (Å²) in [5.41, 5.74) is 6.96. The second kappa shape index (κ2) is 5.51. The molecule has 0 bridgehead atoms. The maximum absolute atomic E-state index is 12.3. The van der Waals surface area contributed by atoms with Crippen LogP contribution in [0.5, 0.6) is 0 Å². The number of carbonyl (C=O) groups excluding carboxylic acids is 1. The zero-order valence-electron chi connectivity index (χ0n) is 11.5. The number of amides is 1. The molecule has 110 valence electrons. The zero-order chi connectivity index (χ0) is 14.9. The van der Waals surface area contributed by atoms with E-state index in [-0.39, 0.29) is 35.7 Å². The lowest BCUT2D eigenvalue weighted by molar-refractivity contribution is -0.115. The zero-order valence-corrected chi connectivity index (χ0v) is 12.3.